The first-order valence-electron chi connectivity index (χ1n) is 8.31. The highest BCUT2D eigenvalue weighted by atomic mass is 16.2. The number of aromatic nitrogens is 2. The molecule has 1 aromatic heterocycles. The van der Waals surface area contributed by atoms with E-state index in [1.165, 1.54) is 19.3 Å². The van der Waals surface area contributed by atoms with Crippen LogP contribution in [0, 0.1) is 5.92 Å². The van der Waals surface area contributed by atoms with Crippen molar-refractivity contribution >= 4 is 5.91 Å². The molecule has 0 spiro atoms. The van der Waals surface area contributed by atoms with Gasteiger partial charge < -0.3 is 10.2 Å². The summed E-state index contributed by atoms with van der Waals surface area (Å²) >= 11 is 0. The Kier molecular flexibility index (Phi) is 4.91. The topological polar surface area (TPSA) is 50.2 Å². The average Bonchev–Trinajstić information content (AvgIpc) is 2.90. The SMILES string of the molecule is O=C(CCCn1cccn1)N1CC[C@H]2NCCCC[C@@H]2C1. The first-order chi connectivity index (χ1) is 10.3. The molecule has 0 aliphatic carbocycles. The summed E-state index contributed by atoms with van der Waals surface area (Å²) in [6, 6.07) is 2.56. The number of nitrogens with one attached hydrogen (secondary N) is 1. The van der Waals surface area contributed by atoms with E-state index >= 15 is 0 Å². The van der Waals surface area contributed by atoms with Crippen LogP contribution in [0.2, 0.25) is 0 Å². The van der Waals surface area contributed by atoms with Crippen molar-refractivity contribution in [1.82, 2.24) is 20.0 Å². The van der Waals surface area contributed by atoms with Crippen molar-refractivity contribution in [3.05, 3.63) is 18.5 Å². The largest absolute Gasteiger partial charge is 0.342 e. The standard InChI is InChI=1S/C16H26N4O/c21-16(6-3-10-20-11-4-9-18-20)19-12-7-15-14(13-19)5-1-2-8-17-15/h4,9,11,14-15,17H,1-3,5-8,10,12-13H2/t14-,15-/m1/s1. The highest BCUT2D eigenvalue weighted by molar-refractivity contribution is 5.76. The summed E-state index contributed by atoms with van der Waals surface area (Å²) in [5.41, 5.74) is 0. The number of nitrogens with zero attached hydrogens (tertiary/aromatic N) is 3. The fraction of sp³-hybridized carbons (Fsp3) is 0.750. The van der Waals surface area contributed by atoms with Gasteiger partial charge in [-0.3, -0.25) is 9.48 Å². The molecule has 1 aromatic rings. The number of amides is 1. The summed E-state index contributed by atoms with van der Waals surface area (Å²) in [6.07, 6.45) is 10.2. The third-order valence-corrected chi connectivity index (χ3v) is 4.83. The lowest BCUT2D eigenvalue weighted by molar-refractivity contribution is -0.133. The Hall–Kier alpha value is -1.36. The molecule has 0 radical (unpaired) electrons. The summed E-state index contributed by atoms with van der Waals surface area (Å²) in [4.78, 5) is 14.5. The minimum absolute atomic E-state index is 0.324. The zero-order chi connectivity index (χ0) is 14.5. The Bertz CT molecular complexity index is 445. The minimum Gasteiger partial charge on any atom is -0.342 e. The van der Waals surface area contributed by atoms with Gasteiger partial charge in [-0.05, 0) is 44.2 Å². The number of aryl methyl sites for hydroxylation is 1. The molecule has 1 N–H and O–H groups in total. The van der Waals surface area contributed by atoms with Gasteiger partial charge in [0.2, 0.25) is 5.91 Å². The summed E-state index contributed by atoms with van der Waals surface area (Å²) < 4.78 is 1.90. The molecule has 2 saturated heterocycles. The van der Waals surface area contributed by atoms with Gasteiger partial charge in [-0.1, -0.05) is 6.42 Å². The number of carbonyl (C=O) groups is 1. The lowest BCUT2D eigenvalue weighted by Gasteiger charge is -2.38. The maximum Gasteiger partial charge on any atom is 0.222 e. The molecule has 0 saturated carbocycles. The Labute approximate surface area is 126 Å². The van der Waals surface area contributed by atoms with Gasteiger partial charge in [0.15, 0.2) is 0 Å². The molecule has 0 unspecified atom stereocenters. The number of rotatable bonds is 4. The zero-order valence-electron chi connectivity index (χ0n) is 12.7. The molecule has 21 heavy (non-hydrogen) atoms. The molecule has 0 aromatic carbocycles. The van der Waals surface area contributed by atoms with Crippen molar-refractivity contribution in [3.8, 4) is 0 Å². The monoisotopic (exact) mass is 290 g/mol. The van der Waals surface area contributed by atoms with Gasteiger partial charge in [0.05, 0.1) is 0 Å². The summed E-state index contributed by atoms with van der Waals surface area (Å²) in [5, 5.41) is 7.83. The van der Waals surface area contributed by atoms with E-state index < -0.39 is 0 Å². The molecule has 2 aliphatic rings. The van der Waals surface area contributed by atoms with Gasteiger partial charge in [0.1, 0.15) is 0 Å². The van der Waals surface area contributed by atoms with Crippen LogP contribution in [0.1, 0.15) is 38.5 Å². The second-order valence-corrected chi connectivity index (χ2v) is 6.32. The molecule has 1 amide bonds. The van der Waals surface area contributed by atoms with Gasteiger partial charge in [-0.15, -0.1) is 0 Å². The zero-order valence-corrected chi connectivity index (χ0v) is 12.7. The Balaban J connectivity index is 1.44. The van der Waals surface area contributed by atoms with Crippen LogP contribution in [0.5, 0.6) is 0 Å². The quantitative estimate of drug-likeness (QED) is 0.917. The molecule has 0 bridgehead atoms. The predicted molar refractivity (Wildman–Crippen MR) is 81.8 cm³/mol. The van der Waals surface area contributed by atoms with Crippen LogP contribution in [-0.4, -0.2) is 46.3 Å². The fourth-order valence-corrected chi connectivity index (χ4v) is 3.62. The predicted octanol–water partition coefficient (Wildman–Crippen LogP) is 1.65. The van der Waals surface area contributed by atoms with E-state index in [1.807, 2.05) is 16.9 Å². The van der Waals surface area contributed by atoms with Crippen molar-refractivity contribution in [2.24, 2.45) is 5.92 Å². The van der Waals surface area contributed by atoms with Crippen LogP contribution >= 0.6 is 0 Å². The van der Waals surface area contributed by atoms with Gasteiger partial charge in [0.25, 0.3) is 0 Å². The molecular formula is C16H26N4O. The summed E-state index contributed by atoms with van der Waals surface area (Å²) in [5.74, 6) is 0.987. The fourth-order valence-electron chi connectivity index (χ4n) is 3.62. The number of hydrogen-bond donors (Lipinski definition) is 1. The molecule has 2 atom stereocenters. The number of piperidine rings is 1. The van der Waals surface area contributed by atoms with Crippen LogP contribution < -0.4 is 5.32 Å². The molecule has 2 aliphatic heterocycles. The highest BCUT2D eigenvalue weighted by Crippen LogP contribution is 2.25. The van der Waals surface area contributed by atoms with E-state index in [2.05, 4.69) is 15.3 Å². The van der Waals surface area contributed by atoms with E-state index in [9.17, 15) is 4.79 Å². The van der Waals surface area contributed by atoms with Crippen LogP contribution in [0.4, 0.5) is 0 Å². The second-order valence-electron chi connectivity index (χ2n) is 6.32. The van der Waals surface area contributed by atoms with E-state index in [0.29, 0.717) is 24.3 Å². The van der Waals surface area contributed by atoms with Gasteiger partial charge in [-0.25, -0.2) is 0 Å². The van der Waals surface area contributed by atoms with E-state index in [0.717, 1.165) is 39.0 Å². The number of likely N-dealkylation sites (tertiary alicyclic amines) is 1. The Morgan fingerprint density at radius 3 is 3.14 bits per heavy atom. The van der Waals surface area contributed by atoms with E-state index in [-0.39, 0.29) is 0 Å². The first kappa shape index (κ1) is 14.6. The molecule has 5 heteroatoms. The third kappa shape index (κ3) is 3.84. The lowest BCUT2D eigenvalue weighted by atomic mass is 9.89. The maximum atomic E-state index is 12.4. The van der Waals surface area contributed by atoms with Gasteiger partial charge in [0, 0.05) is 44.5 Å². The van der Waals surface area contributed by atoms with Crippen molar-refractivity contribution < 1.29 is 4.79 Å². The lowest BCUT2D eigenvalue weighted by Crippen LogP contribution is -2.50. The number of fused-ring (bicyclic) bond motifs is 1. The molecule has 116 valence electrons. The van der Waals surface area contributed by atoms with Crippen molar-refractivity contribution in [2.75, 3.05) is 19.6 Å². The second kappa shape index (κ2) is 7.07. The number of hydrogen-bond acceptors (Lipinski definition) is 3. The Morgan fingerprint density at radius 1 is 1.33 bits per heavy atom. The summed E-state index contributed by atoms with van der Waals surface area (Å²) in [7, 11) is 0. The van der Waals surface area contributed by atoms with Gasteiger partial charge >= 0.3 is 0 Å². The highest BCUT2D eigenvalue weighted by Gasteiger charge is 2.31. The van der Waals surface area contributed by atoms with Crippen molar-refractivity contribution in [1.29, 1.82) is 0 Å². The van der Waals surface area contributed by atoms with E-state index in [1.54, 1.807) is 6.20 Å². The minimum atomic E-state index is 0.324. The maximum absolute atomic E-state index is 12.4. The molecule has 3 rings (SSSR count). The molecule has 3 heterocycles. The molecule has 2 fully saturated rings. The van der Waals surface area contributed by atoms with Crippen LogP contribution in [0.3, 0.4) is 0 Å². The average molecular weight is 290 g/mol. The van der Waals surface area contributed by atoms with Gasteiger partial charge in [-0.2, -0.15) is 5.10 Å². The number of carbonyl (C=O) groups excluding carboxylic acids is 1. The van der Waals surface area contributed by atoms with Crippen LogP contribution in [0.15, 0.2) is 18.5 Å². The van der Waals surface area contributed by atoms with Crippen molar-refractivity contribution in [3.63, 3.8) is 0 Å². The van der Waals surface area contributed by atoms with Crippen molar-refractivity contribution in [2.45, 2.75) is 51.1 Å². The normalized spacial score (nSPS) is 26.2. The van der Waals surface area contributed by atoms with Crippen LogP contribution in [0.25, 0.3) is 0 Å². The van der Waals surface area contributed by atoms with E-state index in [4.69, 9.17) is 0 Å². The third-order valence-electron chi connectivity index (χ3n) is 4.83. The molecule has 5 nitrogen and oxygen atoms in total. The summed E-state index contributed by atoms with van der Waals surface area (Å²) in [6.45, 7) is 3.87. The smallest absolute Gasteiger partial charge is 0.222 e. The van der Waals surface area contributed by atoms with Crippen LogP contribution in [-0.2, 0) is 11.3 Å². The molecular weight excluding hydrogens is 264 g/mol. The first-order valence-corrected chi connectivity index (χ1v) is 8.31. The Morgan fingerprint density at radius 2 is 2.29 bits per heavy atom.